The van der Waals surface area contributed by atoms with Crippen molar-refractivity contribution in [3.8, 4) is 0 Å². The van der Waals surface area contributed by atoms with E-state index in [9.17, 15) is 28.7 Å². The van der Waals surface area contributed by atoms with Gasteiger partial charge in [0.25, 0.3) is 5.69 Å². The third-order valence-electron chi connectivity index (χ3n) is 6.53. The fourth-order valence-electron chi connectivity index (χ4n) is 4.53. The van der Waals surface area contributed by atoms with Gasteiger partial charge in [-0.3, -0.25) is 19.1 Å². The maximum Gasteiger partial charge on any atom is 0.508 e. The summed E-state index contributed by atoms with van der Waals surface area (Å²) in [5.74, 6) is -2.01. The predicted octanol–water partition coefficient (Wildman–Crippen LogP) is 3.07. The Morgan fingerprint density at radius 2 is 1.65 bits per heavy atom. The standard InChI is InChI=1S/C25H26N2O9S/c1-15(36-24(30)35-14-17-9-11-18(12-10-17)27(31)32)19-21(28)26-20(25(2,3)37(33)22(19)26)23(29)34-13-16-7-5-4-6-8-16/h4-12,15,19-20,22H,13-14H2,1-3H3/t15?,19-,20-,22+,37?/m0/s1. The van der Waals surface area contributed by atoms with Crippen molar-refractivity contribution in [2.45, 2.75) is 56.3 Å². The van der Waals surface area contributed by atoms with Crippen molar-refractivity contribution in [2.75, 3.05) is 0 Å². The van der Waals surface area contributed by atoms with Crippen LogP contribution in [0.2, 0.25) is 0 Å². The number of amides is 1. The third-order valence-corrected chi connectivity index (χ3v) is 8.75. The van der Waals surface area contributed by atoms with Crippen molar-refractivity contribution in [3.05, 3.63) is 75.8 Å². The van der Waals surface area contributed by atoms with E-state index in [1.807, 2.05) is 18.2 Å². The van der Waals surface area contributed by atoms with Crippen LogP contribution in [0.4, 0.5) is 10.5 Å². The summed E-state index contributed by atoms with van der Waals surface area (Å²) in [5.41, 5.74) is 1.20. The van der Waals surface area contributed by atoms with Gasteiger partial charge < -0.3 is 19.1 Å². The molecule has 5 atom stereocenters. The molecule has 2 fully saturated rings. The zero-order valence-electron chi connectivity index (χ0n) is 20.4. The second-order valence-corrected chi connectivity index (χ2v) is 11.5. The highest BCUT2D eigenvalue weighted by Crippen LogP contribution is 2.48. The lowest BCUT2D eigenvalue weighted by Crippen LogP contribution is -2.66. The predicted molar refractivity (Wildman–Crippen MR) is 130 cm³/mol. The van der Waals surface area contributed by atoms with Crippen LogP contribution in [0.25, 0.3) is 0 Å². The van der Waals surface area contributed by atoms with E-state index in [1.54, 1.807) is 26.0 Å². The number of nitrogens with zero attached hydrogens (tertiary/aromatic N) is 2. The minimum Gasteiger partial charge on any atom is -0.459 e. The topological polar surface area (TPSA) is 142 Å². The van der Waals surface area contributed by atoms with Gasteiger partial charge in [0.1, 0.15) is 36.7 Å². The first-order valence-electron chi connectivity index (χ1n) is 11.5. The van der Waals surface area contributed by atoms with Crippen LogP contribution in [0.5, 0.6) is 0 Å². The van der Waals surface area contributed by atoms with Crippen LogP contribution < -0.4 is 0 Å². The van der Waals surface area contributed by atoms with Crippen LogP contribution in [-0.4, -0.2) is 54.3 Å². The van der Waals surface area contributed by atoms with Crippen LogP contribution in [0.1, 0.15) is 31.9 Å². The number of carbonyl (C=O) groups excluding carboxylic acids is 3. The van der Waals surface area contributed by atoms with Crippen LogP contribution in [0, 0.1) is 16.0 Å². The minimum absolute atomic E-state index is 0.0229. The molecule has 2 aromatic carbocycles. The molecule has 0 bridgehead atoms. The van der Waals surface area contributed by atoms with Crippen molar-refractivity contribution in [1.29, 1.82) is 0 Å². The average Bonchev–Trinajstić information content (AvgIpc) is 3.04. The SMILES string of the molecule is CC(OC(=O)OCc1ccc([N+](=O)[O-])cc1)[C@H]1C(=O)N2[C@@H]1S(=O)C(C)(C)[C@@H]2C(=O)OCc1ccccc1. The van der Waals surface area contributed by atoms with E-state index in [0.717, 1.165) is 5.56 Å². The van der Waals surface area contributed by atoms with E-state index in [-0.39, 0.29) is 18.9 Å². The van der Waals surface area contributed by atoms with E-state index in [0.29, 0.717) is 5.56 Å². The molecule has 0 radical (unpaired) electrons. The zero-order valence-corrected chi connectivity index (χ0v) is 21.2. The Balaban J connectivity index is 1.36. The molecule has 2 saturated heterocycles. The summed E-state index contributed by atoms with van der Waals surface area (Å²) in [5, 5.41) is 9.93. The van der Waals surface area contributed by atoms with E-state index in [1.165, 1.54) is 36.1 Å². The highest BCUT2D eigenvalue weighted by atomic mass is 32.2. The molecule has 0 spiro atoms. The first-order valence-corrected chi connectivity index (χ1v) is 12.7. The second kappa shape index (κ2) is 10.3. The molecule has 0 aliphatic carbocycles. The number of fused-ring (bicyclic) bond motifs is 1. The van der Waals surface area contributed by atoms with Gasteiger partial charge in [-0.1, -0.05) is 30.3 Å². The van der Waals surface area contributed by atoms with Gasteiger partial charge in [-0.2, -0.15) is 0 Å². The van der Waals surface area contributed by atoms with Crippen molar-refractivity contribution >= 4 is 34.5 Å². The maximum atomic E-state index is 13.3. The summed E-state index contributed by atoms with van der Waals surface area (Å²) < 4.78 is 28.0. The third kappa shape index (κ3) is 5.06. The summed E-state index contributed by atoms with van der Waals surface area (Å²) in [6.07, 6.45) is -2.00. The molecule has 2 heterocycles. The largest absolute Gasteiger partial charge is 0.508 e. The zero-order chi connectivity index (χ0) is 26.9. The minimum atomic E-state index is -1.63. The number of esters is 1. The van der Waals surface area contributed by atoms with Crippen molar-refractivity contribution in [3.63, 3.8) is 0 Å². The lowest BCUT2D eigenvalue weighted by atomic mass is 9.88. The summed E-state index contributed by atoms with van der Waals surface area (Å²) in [7, 11) is -1.63. The first-order chi connectivity index (χ1) is 17.5. The summed E-state index contributed by atoms with van der Waals surface area (Å²) in [6.45, 7) is 4.62. The Labute approximate surface area is 215 Å². The highest BCUT2D eigenvalue weighted by Gasteiger charge is 2.69. The van der Waals surface area contributed by atoms with Gasteiger partial charge in [-0.15, -0.1) is 0 Å². The summed E-state index contributed by atoms with van der Waals surface area (Å²) in [4.78, 5) is 49.7. The van der Waals surface area contributed by atoms with Gasteiger partial charge in [0.2, 0.25) is 5.91 Å². The van der Waals surface area contributed by atoms with Gasteiger partial charge in [0, 0.05) is 12.1 Å². The number of hydrogen-bond acceptors (Lipinski definition) is 9. The quantitative estimate of drug-likeness (QED) is 0.218. The van der Waals surface area contributed by atoms with Crippen LogP contribution in [-0.2, 0) is 47.8 Å². The Morgan fingerprint density at radius 3 is 2.27 bits per heavy atom. The normalized spacial score (nSPS) is 24.4. The van der Waals surface area contributed by atoms with E-state index < -0.39 is 61.9 Å². The molecular weight excluding hydrogens is 504 g/mol. The maximum absolute atomic E-state index is 13.3. The molecule has 2 aliphatic heterocycles. The lowest BCUT2D eigenvalue weighted by Gasteiger charge is -2.45. The molecule has 1 amide bonds. The number of hydrogen-bond donors (Lipinski definition) is 0. The Kier molecular flexibility index (Phi) is 7.30. The highest BCUT2D eigenvalue weighted by molar-refractivity contribution is 7.87. The van der Waals surface area contributed by atoms with Crippen molar-refractivity contribution < 1.29 is 37.7 Å². The fourth-order valence-corrected chi connectivity index (χ4v) is 6.62. The van der Waals surface area contributed by atoms with E-state index in [4.69, 9.17) is 14.2 Å². The first kappa shape index (κ1) is 26.3. The lowest BCUT2D eigenvalue weighted by molar-refractivity contribution is -0.384. The number of ether oxygens (including phenoxy) is 3. The number of nitro groups is 1. The van der Waals surface area contributed by atoms with Gasteiger partial charge in [-0.05, 0) is 44.0 Å². The monoisotopic (exact) mass is 530 g/mol. The molecule has 37 heavy (non-hydrogen) atoms. The van der Waals surface area contributed by atoms with E-state index >= 15 is 0 Å². The molecule has 11 nitrogen and oxygen atoms in total. The van der Waals surface area contributed by atoms with Gasteiger partial charge >= 0.3 is 12.1 Å². The molecule has 2 aliphatic rings. The number of rotatable bonds is 8. The number of carbonyl (C=O) groups is 3. The van der Waals surface area contributed by atoms with Crippen molar-refractivity contribution in [2.24, 2.45) is 5.92 Å². The summed E-state index contributed by atoms with van der Waals surface area (Å²) >= 11 is 0. The van der Waals surface area contributed by atoms with Crippen LogP contribution >= 0.6 is 0 Å². The number of benzene rings is 2. The molecule has 0 saturated carbocycles. The smallest absolute Gasteiger partial charge is 0.459 e. The van der Waals surface area contributed by atoms with Crippen LogP contribution in [0.3, 0.4) is 0 Å². The molecule has 12 heteroatoms. The molecular formula is C25H26N2O9S. The molecule has 196 valence electrons. The van der Waals surface area contributed by atoms with Gasteiger partial charge in [-0.25, -0.2) is 9.59 Å². The van der Waals surface area contributed by atoms with Gasteiger partial charge in [0.05, 0.1) is 20.5 Å². The van der Waals surface area contributed by atoms with Crippen LogP contribution in [0.15, 0.2) is 54.6 Å². The Hall–Kier alpha value is -3.80. The molecule has 2 unspecified atom stereocenters. The Bertz CT molecular complexity index is 1230. The molecule has 0 N–H and O–H groups in total. The number of β-lactam (4-membered cyclic amide) rings is 1. The average molecular weight is 531 g/mol. The second-order valence-electron chi connectivity index (χ2n) is 9.34. The Morgan fingerprint density at radius 1 is 1.05 bits per heavy atom. The fraction of sp³-hybridized carbons (Fsp3) is 0.400. The summed E-state index contributed by atoms with van der Waals surface area (Å²) in [6, 6.07) is 13.5. The van der Waals surface area contributed by atoms with Gasteiger partial charge in [0.15, 0.2) is 0 Å². The van der Waals surface area contributed by atoms with E-state index in [2.05, 4.69) is 0 Å². The molecule has 0 aromatic heterocycles. The van der Waals surface area contributed by atoms with Crippen molar-refractivity contribution in [1.82, 2.24) is 4.90 Å². The molecule has 2 aromatic rings. The molecule has 4 rings (SSSR count). The number of non-ortho nitro benzene ring substituents is 1. The number of nitro benzene ring substituents is 1.